The first-order valence-electron chi connectivity index (χ1n) is 6.93. The number of methoxy groups -OCH3 is 2. The molecule has 0 radical (unpaired) electrons. The highest BCUT2D eigenvalue weighted by Gasteiger charge is 2.33. The van der Waals surface area contributed by atoms with Crippen LogP contribution in [0.5, 0.6) is 11.5 Å². The van der Waals surface area contributed by atoms with Crippen LogP contribution >= 0.6 is 11.6 Å². The summed E-state index contributed by atoms with van der Waals surface area (Å²) in [4.78, 5) is 4.24. The van der Waals surface area contributed by atoms with Gasteiger partial charge in [0.15, 0.2) is 0 Å². The van der Waals surface area contributed by atoms with E-state index in [2.05, 4.69) is 9.80 Å². The third-order valence-electron chi connectivity index (χ3n) is 3.96. The smallest absolute Gasteiger partial charge is 0.128 e. The lowest BCUT2D eigenvalue weighted by molar-refractivity contribution is 0.112. The van der Waals surface area contributed by atoms with E-state index in [0.717, 1.165) is 12.1 Å². The molecular weight excluding hydrogens is 292 g/mol. The Bertz CT molecular complexity index is 496. The van der Waals surface area contributed by atoms with Crippen molar-refractivity contribution in [2.24, 2.45) is 0 Å². The minimum absolute atomic E-state index is 0.146. The second-order valence-corrected chi connectivity index (χ2v) is 5.99. The third-order valence-corrected chi connectivity index (χ3v) is 4.30. The molecule has 0 unspecified atom stereocenters. The summed E-state index contributed by atoms with van der Waals surface area (Å²) in [7, 11) is 7.19. The number of likely N-dealkylation sites (N-methyl/N-ethyl adjacent to an activating group) is 1. The van der Waals surface area contributed by atoms with Gasteiger partial charge in [0, 0.05) is 37.3 Å². The van der Waals surface area contributed by atoms with E-state index in [1.54, 1.807) is 20.3 Å². The molecule has 1 fully saturated rings. The molecule has 0 aromatic heterocycles. The summed E-state index contributed by atoms with van der Waals surface area (Å²) in [5.74, 6) is 1.38. The molecule has 1 aromatic carbocycles. The highest BCUT2D eigenvalue weighted by atomic mass is 35.5. The Balaban J connectivity index is 2.17. The number of hydrogen-bond acceptors (Lipinski definition) is 5. The third kappa shape index (κ3) is 3.61. The molecule has 6 heteroatoms. The van der Waals surface area contributed by atoms with Gasteiger partial charge in [-0.3, -0.25) is 4.90 Å². The molecule has 0 aliphatic carbocycles. The Morgan fingerprint density at radius 2 is 2.00 bits per heavy atom. The van der Waals surface area contributed by atoms with E-state index in [1.807, 2.05) is 20.2 Å². The molecule has 2 atom stereocenters. The number of aliphatic hydroxyl groups excluding tert-OH is 1. The van der Waals surface area contributed by atoms with Gasteiger partial charge in [-0.2, -0.15) is 0 Å². The van der Waals surface area contributed by atoms with E-state index in [0.29, 0.717) is 29.6 Å². The van der Waals surface area contributed by atoms with Gasteiger partial charge in [-0.1, -0.05) is 11.6 Å². The van der Waals surface area contributed by atoms with Gasteiger partial charge in [0.1, 0.15) is 11.5 Å². The average Bonchev–Trinajstić information content (AvgIpc) is 2.81. The highest BCUT2D eigenvalue weighted by Crippen LogP contribution is 2.33. The fraction of sp³-hybridized carbons (Fsp3) is 0.600. The van der Waals surface area contributed by atoms with Crippen LogP contribution < -0.4 is 9.47 Å². The average molecular weight is 315 g/mol. The lowest BCUT2D eigenvalue weighted by Crippen LogP contribution is -2.37. The van der Waals surface area contributed by atoms with E-state index in [1.165, 1.54) is 0 Å². The minimum atomic E-state index is -0.344. The number of β-amino-alcohol motifs (C(OH)–C–C–N with tert-alkyl or cyclic N) is 1. The maximum absolute atomic E-state index is 10.1. The number of benzene rings is 1. The lowest BCUT2D eigenvalue weighted by Gasteiger charge is -2.22. The van der Waals surface area contributed by atoms with Crippen molar-refractivity contribution in [2.45, 2.75) is 18.7 Å². The topological polar surface area (TPSA) is 45.2 Å². The second-order valence-electron chi connectivity index (χ2n) is 5.58. The largest absolute Gasteiger partial charge is 0.497 e. The Labute approximate surface area is 131 Å². The van der Waals surface area contributed by atoms with Crippen LogP contribution in [0.25, 0.3) is 0 Å². The van der Waals surface area contributed by atoms with Crippen molar-refractivity contribution in [1.29, 1.82) is 0 Å². The molecule has 1 aliphatic heterocycles. The van der Waals surface area contributed by atoms with Gasteiger partial charge in [-0.25, -0.2) is 0 Å². The van der Waals surface area contributed by atoms with E-state index in [-0.39, 0.29) is 12.1 Å². The van der Waals surface area contributed by atoms with Crippen LogP contribution in [0.2, 0.25) is 5.02 Å². The van der Waals surface area contributed by atoms with Crippen LogP contribution in [0, 0.1) is 0 Å². The van der Waals surface area contributed by atoms with Gasteiger partial charge >= 0.3 is 0 Å². The monoisotopic (exact) mass is 314 g/mol. The van der Waals surface area contributed by atoms with Crippen molar-refractivity contribution in [2.75, 3.05) is 41.4 Å². The number of rotatable bonds is 5. The molecule has 0 saturated carbocycles. The van der Waals surface area contributed by atoms with Crippen LogP contribution in [0.3, 0.4) is 0 Å². The summed E-state index contributed by atoms with van der Waals surface area (Å²) in [6.07, 6.45) is -0.344. The Hall–Kier alpha value is -1.01. The summed E-state index contributed by atoms with van der Waals surface area (Å²) in [5.41, 5.74) is 0.923. The molecule has 21 heavy (non-hydrogen) atoms. The van der Waals surface area contributed by atoms with Gasteiger partial charge in [0.25, 0.3) is 0 Å². The van der Waals surface area contributed by atoms with E-state index in [4.69, 9.17) is 21.1 Å². The van der Waals surface area contributed by atoms with Crippen molar-refractivity contribution < 1.29 is 14.6 Å². The molecule has 1 N–H and O–H groups in total. The van der Waals surface area contributed by atoms with E-state index in [9.17, 15) is 5.11 Å². The lowest BCUT2D eigenvalue weighted by atomic mass is 10.1. The summed E-state index contributed by atoms with van der Waals surface area (Å²) in [6.45, 7) is 2.08. The van der Waals surface area contributed by atoms with Crippen molar-refractivity contribution in [1.82, 2.24) is 9.80 Å². The van der Waals surface area contributed by atoms with Crippen LogP contribution in [0.1, 0.15) is 5.56 Å². The van der Waals surface area contributed by atoms with Crippen LogP contribution in [0.4, 0.5) is 0 Å². The number of nitrogens with zero attached hydrogens (tertiary/aromatic N) is 2. The predicted molar refractivity (Wildman–Crippen MR) is 83.3 cm³/mol. The first-order chi connectivity index (χ1) is 9.96. The number of likely N-dealkylation sites (tertiary alicyclic amines) is 1. The van der Waals surface area contributed by atoms with Gasteiger partial charge < -0.3 is 19.5 Å². The number of hydrogen-bond donors (Lipinski definition) is 1. The number of halogens is 1. The van der Waals surface area contributed by atoms with Crippen LogP contribution in [-0.4, -0.2) is 68.5 Å². The predicted octanol–water partition coefficient (Wildman–Crippen LogP) is 1.46. The molecule has 5 nitrogen and oxygen atoms in total. The van der Waals surface area contributed by atoms with Gasteiger partial charge in [0.2, 0.25) is 0 Å². The molecule has 118 valence electrons. The summed E-state index contributed by atoms with van der Waals surface area (Å²) >= 11 is 6.35. The summed E-state index contributed by atoms with van der Waals surface area (Å²) in [5, 5.41) is 10.7. The maximum Gasteiger partial charge on any atom is 0.128 e. The molecule has 2 rings (SSSR count). The highest BCUT2D eigenvalue weighted by molar-refractivity contribution is 6.31. The van der Waals surface area contributed by atoms with Crippen molar-refractivity contribution in [3.8, 4) is 11.5 Å². The van der Waals surface area contributed by atoms with Crippen molar-refractivity contribution in [3.63, 3.8) is 0 Å². The number of aliphatic hydroxyl groups is 1. The van der Waals surface area contributed by atoms with E-state index < -0.39 is 0 Å². The first-order valence-corrected chi connectivity index (χ1v) is 7.31. The Morgan fingerprint density at radius 1 is 1.29 bits per heavy atom. The van der Waals surface area contributed by atoms with Crippen LogP contribution in [0.15, 0.2) is 12.1 Å². The van der Waals surface area contributed by atoms with Gasteiger partial charge in [-0.05, 0) is 20.2 Å². The van der Waals surface area contributed by atoms with Crippen LogP contribution in [-0.2, 0) is 6.54 Å². The fourth-order valence-electron chi connectivity index (χ4n) is 2.75. The molecule has 1 heterocycles. The molecule has 1 saturated heterocycles. The van der Waals surface area contributed by atoms with Gasteiger partial charge in [-0.15, -0.1) is 0 Å². The molecule has 0 spiro atoms. The zero-order chi connectivity index (χ0) is 15.6. The summed E-state index contributed by atoms with van der Waals surface area (Å²) < 4.78 is 10.6. The molecular formula is C15H23ClN2O3. The first kappa shape index (κ1) is 16.4. The molecule has 1 aromatic rings. The zero-order valence-electron chi connectivity index (χ0n) is 13.0. The minimum Gasteiger partial charge on any atom is -0.497 e. The Kier molecular flexibility index (Phi) is 5.32. The SMILES string of the molecule is COc1cc(Cl)c(CN2C[C@H](O)[C@@H](N(C)C)C2)c(OC)c1. The standard InChI is InChI=1S/C15H23ClN2O3/c1-17(2)13-8-18(9-14(13)19)7-11-12(16)5-10(20-3)6-15(11)21-4/h5-6,13-14,19H,7-9H2,1-4H3/t13-,14-/m0/s1. The maximum atomic E-state index is 10.1. The second kappa shape index (κ2) is 6.83. The van der Waals surface area contributed by atoms with Crippen molar-refractivity contribution in [3.05, 3.63) is 22.7 Å². The molecule has 1 aliphatic rings. The fourth-order valence-corrected chi connectivity index (χ4v) is 3.01. The normalized spacial score (nSPS) is 22.8. The Morgan fingerprint density at radius 3 is 2.52 bits per heavy atom. The summed E-state index contributed by atoms with van der Waals surface area (Å²) in [6, 6.07) is 3.76. The van der Waals surface area contributed by atoms with Crippen molar-refractivity contribution >= 4 is 11.6 Å². The van der Waals surface area contributed by atoms with Gasteiger partial charge in [0.05, 0.1) is 25.3 Å². The van der Waals surface area contributed by atoms with E-state index >= 15 is 0 Å². The zero-order valence-corrected chi connectivity index (χ0v) is 13.7. The number of ether oxygens (including phenoxy) is 2. The molecule has 0 amide bonds. The quantitative estimate of drug-likeness (QED) is 0.891. The molecule has 0 bridgehead atoms.